The van der Waals surface area contributed by atoms with E-state index in [-0.39, 0.29) is 21.4 Å². The van der Waals surface area contributed by atoms with E-state index in [9.17, 15) is 21.6 Å². The number of hydrogen-bond donors (Lipinski definition) is 1. The fourth-order valence-corrected chi connectivity index (χ4v) is 3.47. The van der Waals surface area contributed by atoms with Gasteiger partial charge in [0.05, 0.1) is 25.5 Å². The molecule has 136 valence electrons. The van der Waals surface area contributed by atoms with Crippen LogP contribution in [0.2, 0.25) is 5.02 Å². The Labute approximate surface area is 147 Å². The van der Waals surface area contributed by atoms with E-state index < -0.39 is 27.5 Å². The van der Waals surface area contributed by atoms with Crippen molar-refractivity contribution in [2.24, 2.45) is 0 Å². The van der Waals surface area contributed by atoms with Crippen molar-refractivity contribution < 1.29 is 31.1 Å². The highest BCUT2D eigenvalue weighted by Gasteiger charge is 2.35. The second kappa shape index (κ2) is 7.01. The van der Waals surface area contributed by atoms with Gasteiger partial charge in [-0.05, 0) is 30.3 Å². The Morgan fingerprint density at radius 1 is 1.04 bits per heavy atom. The van der Waals surface area contributed by atoms with Gasteiger partial charge in [-0.3, -0.25) is 4.72 Å². The lowest BCUT2D eigenvalue weighted by atomic mass is 10.2. The smallest absolute Gasteiger partial charge is 0.418 e. The van der Waals surface area contributed by atoms with Gasteiger partial charge in [0.1, 0.15) is 16.4 Å². The highest BCUT2D eigenvalue weighted by Crippen LogP contribution is 2.38. The molecule has 25 heavy (non-hydrogen) atoms. The molecule has 0 unspecified atom stereocenters. The maximum Gasteiger partial charge on any atom is 0.418 e. The molecule has 0 aliphatic heterocycles. The molecule has 1 N–H and O–H groups in total. The van der Waals surface area contributed by atoms with E-state index in [0.717, 1.165) is 18.2 Å². The quantitative estimate of drug-likeness (QED) is 0.825. The Bertz CT molecular complexity index is 885. The molecule has 0 bridgehead atoms. The zero-order valence-corrected chi connectivity index (χ0v) is 14.6. The second-order valence-corrected chi connectivity index (χ2v) is 6.90. The predicted octanol–water partition coefficient (Wildman–Crippen LogP) is 4.18. The fraction of sp³-hybridized carbons (Fsp3) is 0.200. The van der Waals surface area contributed by atoms with Crippen LogP contribution in [0, 0.1) is 0 Å². The van der Waals surface area contributed by atoms with E-state index in [1.807, 2.05) is 4.72 Å². The van der Waals surface area contributed by atoms with Crippen molar-refractivity contribution in [1.29, 1.82) is 0 Å². The largest absolute Gasteiger partial charge is 0.497 e. The zero-order chi connectivity index (χ0) is 18.8. The summed E-state index contributed by atoms with van der Waals surface area (Å²) in [5.41, 5.74) is -1.85. The fourth-order valence-electron chi connectivity index (χ4n) is 2.03. The summed E-state index contributed by atoms with van der Waals surface area (Å²) >= 11 is 5.58. The normalized spacial score (nSPS) is 11.9. The standard InChI is InChI=1S/C15H13ClF3NO4S/c1-23-10-4-6-13(24-2)14(8-10)25(21,22)20-12-5-3-9(16)7-11(12)15(17,18)19/h3-8,20H,1-2H3. The maximum absolute atomic E-state index is 13.1. The monoisotopic (exact) mass is 395 g/mol. The summed E-state index contributed by atoms with van der Waals surface area (Å²) < 4.78 is 76.4. The van der Waals surface area contributed by atoms with Gasteiger partial charge >= 0.3 is 6.18 Å². The van der Waals surface area contributed by atoms with E-state index >= 15 is 0 Å². The number of sulfonamides is 1. The number of ether oxygens (including phenoxy) is 2. The average molecular weight is 396 g/mol. The first-order valence-corrected chi connectivity index (χ1v) is 8.56. The highest BCUT2D eigenvalue weighted by atomic mass is 35.5. The lowest BCUT2D eigenvalue weighted by Gasteiger charge is -2.16. The van der Waals surface area contributed by atoms with Gasteiger partial charge in [-0.25, -0.2) is 8.42 Å². The van der Waals surface area contributed by atoms with Crippen LogP contribution in [0.1, 0.15) is 5.56 Å². The molecule has 0 saturated carbocycles. The number of halogens is 4. The summed E-state index contributed by atoms with van der Waals surface area (Å²) in [5, 5.41) is -0.172. The molecule has 0 heterocycles. The third-order valence-electron chi connectivity index (χ3n) is 3.19. The maximum atomic E-state index is 13.1. The SMILES string of the molecule is COc1ccc(OC)c(S(=O)(=O)Nc2ccc(Cl)cc2C(F)(F)F)c1. The second-order valence-electron chi connectivity index (χ2n) is 4.81. The molecule has 2 rings (SSSR count). The molecule has 0 radical (unpaired) electrons. The summed E-state index contributed by atoms with van der Waals surface area (Å²) in [6.45, 7) is 0. The van der Waals surface area contributed by atoms with Crippen LogP contribution in [0.4, 0.5) is 18.9 Å². The summed E-state index contributed by atoms with van der Waals surface area (Å²) in [6.07, 6.45) is -4.79. The number of anilines is 1. The first-order valence-electron chi connectivity index (χ1n) is 6.70. The number of rotatable bonds is 5. The highest BCUT2D eigenvalue weighted by molar-refractivity contribution is 7.92. The van der Waals surface area contributed by atoms with Gasteiger partial charge in [-0.1, -0.05) is 11.6 Å². The van der Waals surface area contributed by atoms with E-state index in [1.165, 1.54) is 26.4 Å². The molecule has 0 aromatic heterocycles. The molecule has 10 heteroatoms. The lowest BCUT2D eigenvalue weighted by molar-refractivity contribution is -0.136. The average Bonchev–Trinajstić information content (AvgIpc) is 2.54. The first kappa shape index (κ1) is 19.2. The minimum absolute atomic E-state index is 0.0455. The molecule has 0 saturated heterocycles. The third kappa shape index (κ3) is 4.29. The summed E-state index contributed by atoms with van der Waals surface area (Å²) in [5.74, 6) is 0.157. The Balaban J connectivity index is 2.54. The van der Waals surface area contributed by atoms with Gasteiger partial charge in [-0.2, -0.15) is 13.2 Å². The van der Waals surface area contributed by atoms with Crippen LogP contribution in [-0.4, -0.2) is 22.6 Å². The van der Waals surface area contributed by atoms with Crippen LogP contribution < -0.4 is 14.2 Å². The Morgan fingerprint density at radius 3 is 2.28 bits per heavy atom. The molecule has 2 aromatic rings. The molecular weight excluding hydrogens is 383 g/mol. The number of hydrogen-bond acceptors (Lipinski definition) is 4. The molecular formula is C15H13ClF3NO4S. The van der Waals surface area contributed by atoms with Gasteiger partial charge in [-0.15, -0.1) is 0 Å². The van der Waals surface area contributed by atoms with Gasteiger partial charge in [0.25, 0.3) is 10.0 Å². The summed E-state index contributed by atoms with van der Waals surface area (Å²) in [4.78, 5) is -0.363. The van der Waals surface area contributed by atoms with Crippen molar-refractivity contribution in [2.45, 2.75) is 11.1 Å². The van der Waals surface area contributed by atoms with E-state index in [2.05, 4.69) is 0 Å². The minimum atomic E-state index is -4.79. The van der Waals surface area contributed by atoms with Crippen molar-refractivity contribution >= 4 is 27.3 Å². The summed E-state index contributed by atoms with van der Waals surface area (Å²) in [6, 6.07) is 6.67. The van der Waals surface area contributed by atoms with Crippen LogP contribution in [0.25, 0.3) is 0 Å². The van der Waals surface area contributed by atoms with Gasteiger partial charge in [0.15, 0.2) is 0 Å². The number of benzene rings is 2. The molecule has 0 spiro atoms. The number of alkyl halides is 3. The van der Waals surface area contributed by atoms with Crippen LogP contribution in [-0.2, 0) is 16.2 Å². The Morgan fingerprint density at radius 2 is 1.72 bits per heavy atom. The Hall–Kier alpha value is -2.13. The van der Waals surface area contributed by atoms with E-state index in [1.54, 1.807) is 0 Å². The van der Waals surface area contributed by atoms with Gasteiger partial charge in [0, 0.05) is 11.1 Å². The summed E-state index contributed by atoms with van der Waals surface area (Å²) in [7, 11) is -1.82. The third-order valence-corrected chi connectivity index (χ3v) is 4.81. The first-order chi connectivity index (χ1) is 11.6. The lowest BCUT2D eigenvalue weighted by Crippen LogP contribution is -2.18. The number of nitrogens with one attached hydrogen (secondary N) is 1. The van der Waals surface area contributed by atoms with Crippen LogP contribution in [0.5, 0.6) is 11.5 Å². The van der Waals surface area contributed by atoms with Crippen molar-refractivity contribution in [2.75, 3.05) is 18.9 Å². The Kier molecular flexibility index (Phi) is 5.38. The molecule has 0 aliphatic rings. The van der Waals surface area contributed by atoms with E-state index in [0.29, 0.717) is 6.07 Å². The van der Waals surface area contributed by atoms with Crippen LogP contribution in [0.3, 0.4) is 0 Å². The molecule has 0 aliphatic carbocycles. The molecule has 0 fully saturated rings. The molecule has 0 amide bonds. The van der Waals surface area contributed by atoms with Crippen molar-refractivity contribution in [3.8, 4) is 11.5 Å². The predicted molar refractivity (Wildman–Crippen MR) is 86.8 cm³/mol. The van der Waals surface area contributed by atoms with Crippen LogP contribution >= 0.6 is 11.6 Å². The van der Waals surface area contributed by atoms with E-state index in [4.69, 9.17) is 21.1 Å². The van der Waals surface area contributed by atoms with Gasteiger partial charge < -0.3 is 9.47 Å². The van der Waals surface area contributed by atoms with Crippen molar-refractivity contribution in [3.05, 3.63) is 47.0 Å². The van der Waals surface area contributed by atoms with Crippen molar-refractivity contribution in [3.63, 3.8) is 0 Å². The minimum Gasteiger partial charge on any atom is -0.497 e. The van der Waals surface area contributed by atoms with Crippen molar-refractivity contribution in [1.82, 2.24) is 0 Å². The number of methoxy groups -OCH3 is 2. The van der Waals surface area contributed by atoms with Gasteiger partial charge in [0.2, 0.25) is 0 Å². The molecule has 5 nitrogen and oxygen atoms in total. The molecule has 2 aromatic carbocycles. The zero-order valence-electron chi connectivity index (χ0n) is 13.0. The molecule has 0 atom stereocenters. The topological polar surface area (TPSA) is 64.6 Å². The van der Waals surface area contributed by atoms with Crippen LogP contribution in [0.15, 0.2) is 41.3 Å².